The zero-order chi connectivity index (χ0) is 18.4. The summed E-state index contributed by atoms with van der Waals surface area (Å²) in [4.78, 5) is 24.8. The van der Waals surface area contributed by atoms with Gasteiger partial charge >= 0.3 is 0 Å². The molecule has 7 heteroatoms. The molecule has 0 saturated carbocycles. The Morgan fingerprint density at radius 2 is 1.88 bits per heavy atom. The van der Waals surface area contributed by atoms with Crippen LogP contribution in [-0.2, 0) is 11.3 Å². The van der Waals surface area contributed by atoms with Crippen LogP contribution < -0.4 is 10.1 Å². The van der Waals surface area contributed by atoms with Crippen LogP contribution in [0.5, 0.6) is 5.75 Å². The van der Waals surface area contributed by atoms with Crippen molar-refractivity contribution < 1.29 is 14.5 Å². The minimum atomic E-state index is -0.513. The molecule has 0 fully saturated rings. The summed E-state index contributed by atoms with van der Waals surface area (Å²) in [5, 5.41) is 13.7. The molecule has 0 aliphatic heterocycles. The summed E-state index contributed by atoms with van der Waals surface area (Å²) in [6.45, 7) is 2.32. The summed E-state index contributed by atoms with van der Waals surface area (Å²) in [7, 11) is 3.43. The molecular weight excluding hydrogens is 322 g/mol. The molecule has 2 aromatic rings. The summed E-state index contributed by atoms with van der Waals surface area (Å²) >= 11 is 0. The maximum absolute atomic E-state index is 12.4. The third-order valence-electron chi connectivity index (χ3n) is 3.99. The van der Waals surface area contributed by atoms with E-state index in [2.05, 4.69) is 5.32 Å². The monoisotopic (exact) mass is 343 g/mol. The van der Waals surface area contributed by atoms with E-state index in [1.54, 1.807) is 26.2 Å². The van der Waals surface area contributed by atoms with Crippen molar-refractivity contribution in [2.45, 2.75) is 19.5 Å². The second kappa shape index (κ2) is 8.25. The van der Waals surface area contributed by atoms with E-state index in [0.717, 1.165) is 11.3 Å². The van der Waals surface area contributed by atoms with E-state index < -0.39 is 11.0 Å². The fraction of sp³-hybridized carbons (Fsp3) is 0.278. The molecule has 132 valence electrons. The number of nitrogens with one attached hydrogen (secondary N) is 1. The van der Waals surface area contributed by atoms with Crippen LogP contribution in [0.2, 0.25) is 0 Å². The molecule has 1 unspecified atom stereocenters. The van der Waals surface area contributed by atoms with Gasteiger partial charge in [0, 0.05) is 12.6 Å². The Hall–Kier alpha value is -2.93. The van der Waals surface area contributed by atoms with Gasteiger partial charge in [0.15, 0.2) is 0 Å². The first-order valence-corrected chi connectivity index (χ1v) is 7.80. The van der Waals surface area contributed by atoms with Crippen LogP contribution in [-0.4, -0.2) is 35.9 Å². The quantitative estimate of drug-likeness (QED) is 0.617. The van der Waals surface area contributed by atoms with Gasteiger partial charge in [0.1, 0.15) is 11.4 Å². The number of likely N-dealkylation sites (N-methyl/N-ethyl adjacent to an activating group) is 1. The van der Waals surface area contributed by atoms with Crippen LogP contribution in [0.1, 0.15) is 12.5 Å². The molecule has 1 amide bonds. The number of nitro benzene ring substituents is 1. The Morgan fingerprint density at radius 3 is 2.48 bits per heavy atom. The van der Waals surface area contributed by atoms with E-state index in [4.69, 9.17) is 4.74 Å². The zero-order valence-corrected chi connectivity index (χ0v) is 14.4. The van der Waals surface area contributed by atoms with E-state index in [1.165, 1.54) is 12.1 Å². The number of carbonyl (C=O) groups excluding carboxylic acids is 1. The van der Waals surface area contributed by atoms with E-state index in [0.29, 0.717) is 6.54 Å². The second-order valence-electron chi connectivity index (χ2n) is 5.70. The number of methoxy groups -OCH3 is 1. The highest BCUT2D eigenvalue weighted by atomic mass is 16.6. The van der Waals surface area contributed by atoms with Crippen LogP contribution in [0.25, 0.3) is 0 Å². The lowest BCUT2D eigenvalue weighted by atomic mass is 10.1. The van der Waals surface area contributed by atoms with Gasteiger partial charge in [-0.2, -0.15) is 0 Å². The number of nitro groups is 1. The number of rotatable bonds is 7. The largest absolute Gasteiger partial charge is 0.497 e. The van der Waals surface area contributed by atoms with E-state index >= 15 is 0 Å². The lowest BCUT2D eigenvalue weighted by Gasteiger charge is -2.24. The van der Waals surface area contributed by atoms with Crippen molar-refractivity contribution in [1.29, 1.82) is 0 Å². The minimum absolute atomic E-state index is 0.124. The van der Waals surface area contributed by atoms with Crippen LogP contribution in [0.15, 0.2) is 48.5 Å². The van der Waals surface area contributed by atoms with Crippen molar-refractivity contribution in [2.24, 2.45) is 0 Å². The number of anilines is 1. The third kappa shape index (κ3) is 4.77. The first kappa shape index (κ1) is 18.4. The maximum Gasteiger partial charge on any atom is 0.292 e. The van der Waals surface area contributed by atoms with Gasteiger partial charge in [-0.3, -0.25) is 19.8 Å². The van der Waals surface area contributed by atoms with Crippen LogP contribution in [0, 0.1) is 10.1 Å². The molecule has 2 aromatic carbocycles. The molecular formula is C18H21N3O4. The van der Waals surface area contributed by atoms with Gasteiger partial charge in [-0.25, -0.2) is 0 Å². The summed E-state index contributed by atoms with van der Waals surface area (Å²) in [5.74, 6) is 0.471. The van der Waals surface area contributed by atoms with E-state index in [-0.39, 0.29) is 17.3 Å². The maximum atomic E-state index is 12.4. The smallest absolute Gasteiger partial charge is 0.292 e. The van der Waals surface area contributed by atoms with Crippen molar-refractivity contribution in [3.05, 3.63) is 64.2 Å². The number of ether oxygens (including phenoxy) is 1. The number of hydrogen-bond acceptors (Lipinski definition) is 5. The molecule has 0 aliphatic rings. The number of nitrogens with zero attached hydrogens (tertiary/aromatic N) is 2. The molecule has 2 rings (SSSR count). The topological polar surface area (TPSA) is 84.7 Å². The predicted octanol–water partition coefficient (Wildman–Crippen LogP) is 3.06. The van der Waals surface area contributed by atoms with E-state index in [1.807, 2.05) is 36.2 Å². The molecule has 0 saturated heterocycles. The van der Waals surface area contributed by atoms with Crippen LogP contribution in [0.3, 0.4) is 0 Å². The summed E-state index contributed by atoms with van der Waals surface area (Å²) in [6, 6.07) is 13.2. The standard InChI is InChI=1S/C18H21N3O4/c1-13(20(2)12-14-8-10-15(25-3)11-9-14)18(22)19-16-6-4-5-7-17(16)21(23)24/h4-11,13H,12H2,1-3H3,(H,19,22). The molecule has 0 bridgehead atoms. The first-order valence-electron chi connectivity index (χ1n) is 7.80. The van der Waals surface area contributed by atoms with Gasteiger partial charge in [0.25, 0.3) is 5.69 Å². The highest BCUT2D eigenvalue weighted by molar-refractivity contribution is 5.96. The SMILES string of the molecule is COc1ccc(CN(C)C(C)C(=O)Nc2ccccc2[N+](=O)[O-])cc1. The Morgan fingerprint density at radius 1 is 1.24 bits per heavy atom. The molecule has 7 nitrogen and oxygen atoms in total. The summed E-state index contributed by atoms with van der Waals surface area (Å²) in [5.41, 5.74) is 1.11. The molecule has 1 atom stereocenters. The molecule has 0 heterocycles. The number of amides is 1. The molecule has 0 spiro atoms. The van der Waals surface area contributed by atoms with Gasteiger partial charge in [-0.1, -0.05) is 24.3 Å². The molecule has 0 aliphatic carbocycles. The molecule has 25 heavy (non-hydrogen) atoms. The lowest BCUT2D eigenvalue weighted by molar-refractivity contribution is -0.383. The van der Waals surface area contributed by atoms with Gasteiger partial charge in [0.2, 0.25) is 5.91 Å². The number of benzene rings is 2. The first-order chi connectivity index (χ1) is 11.9. The van der Waals surface area contributed by atoms with Crippen molar-refractivity contribution in [1.82, 2.24) is 4.90 Å². The Kier molecular flexibility index (Phi) is 6.08. The Labute approximate surface area is 146 Å². The van der Waals surface area contributed by atoms with Gasteiger partial charge in [-0.05, 0) is 37.7 Å². The van der Waals surface area contributed by atoms with E-state index in [9.17, 15) is 14.9 Å². The average Bonchev–Trinajstić information content (AvgIpc) is 2.61. The number of para-hydroxylation sites is 2. The third-order valence-corrected chi connectivity index (χ3v) is 3.99. The normalized spacial score (nSPS) is 11.8. The van der Waals surface area contributed by atoms with Gasteiger partial charge in [-0.15, -0.1) is 0 Å². The molecule has 1 N–H and O–H groups in total. The average molecular weight is 343 g/mol. The number of carbonyl (C=O) groups is 1. The predicted molar refractivity (Wildman–Crippen MR) is 95.6 cm³/mol. The Balaban J connectivity index is 2.02. The van der Waals surface area contributed by atoms with Gasteiger partial charge in [0.05, 0.1) is 18.1 Å². The fourth-order valence-electron chi connectivity index (χ4n) is 2.33. The number of hydrogen-bond donors (Lipinski definition) is 1. The van der Waals surface area contributed by atoms with Gasteiger partial charge < -0.3 is 10.1 Å². The lowest BCUT2D eigenvalue weighted by Crippen LogP contribution is -2.39. The highest BCUT2D eigenvalue weighted by Gasteiger charge is 2.21. The minimum Gasteiger partial charge on any atom is -0.497 e. The highest BCUT2D eigenvalue weighted by Crippen LogP contribution is 2.23. The zero-order valence-electron chi connectivity index (χ0n) is 14.4. The van der Waals surface area contributed by atoms with Crippen LogP contribution >= 0.6 is 0 Å². The van der Waals surface area contributed by atoms with Crippen molar-refractivity contribution in [3.63, 3.8) is 0 Å². The Bertz CT molecular complexity index is 746. The second-order valence-corrected chi connectivity index (χ2v) is 5.70. The van der Waals surface area contributed by atoms with Crippen molar-refractivity contribution in [3.8, 4) is 5.75 Å². The summed E-state index contributed by atoms with van der Waals surface area (Å²) < 4.78 is 5.12. The van der Waals surface area contributed by atoms with Crippen molar-refractivity contribution >= 4 is 17.3 Å². The molecule has 0 radical (unpaired) electrons. The van der Waals surface area contributed by atoms with Crippen LogP contribution in [0.4, 0.5) is 11.4 Å². The molecule has 0 aromatic heterocycles. The fourth-order valence-corrected chi connectivity index (χ4v) is 2.33. The summed E-state index contributed by atoms with van der Waals surface area (Å²) in [6.07, 6.45) is 0. The van der Waals surface area contributed by atoms with Crippen molar-refractivity contribution in [2.75, 3.05) is 19.5 Å².